The maximum absolute atomic E-state index is 12.6. The summed E-state index contributed by atoms with van der Waals surface area (Å²) in [4.78, 5) is 12.6. The predicted molar refractivity (Wildman–Crippen MR) is 89.2 cm³/mol. The number of nitrogens with one attached hydrogen (secondary N) is 2. The van der Waals surface area contributed by atoms with Crippen molar-refractivity contribution in [1.82, 2.24) is 20.0 Å². The highest BCUT2D eigenvalue weighted by molar-refractivity contribution is 6.03. The zero-order valence-corrected chi connectivity index (χ0v) is 14.0. The molecule has 2 aliphatic rings. The SMILES string of the molecule is Cn1nc(C2CCCOC2)cc1NC(=O)c1n[nH]c2c1CCCC2. The van der Waals surface area contributed by atoms with E-state index in [0.29, 0.717) is 24.0 Å². The Morgan fingerprint density at radius 1 is 1.38 bits per heavy atom. The second-order valence-corrected chi connectivity index (χ2v) is 6.68. The van der Waals surface area contributed by atoms with E-state index in [-0.39, 0.29) is 5.91 Å². The first kappa shape index (κ1) is 15.4. The molecule has 1 unspecified atom stereocenters. The number of rotatable bonds is 3. The number of aromatic nitrogens is 4. The Hall–Kier alpha value is -2.15. The Labute approximate surface area is 140 Å². The number of anilines is 1. The molecule has 7 heteroatoms. The van der Waals surface area contributed by atoms with Crippen LogP contribution in [0.5, 0.6) is 0 Å². The number of hydrogen-bond acceptors (Lipinski definition) is 4. The molecule has 128 valence electrons. The average molecular weight is 329 g/mol. The number of H-pyrrole nitrogens is 1. The van der Waals surface area contributed by atoms with E-state index in [4.69, 9.17) is 4.74 Å². The van der Waals surface area contributed by atoms with Gasteiger partial charge in [-0.15, -0.1) is 0 Å². The Bertz CT molecular complexity index is 742. The van der Waals surface area contributed by atoms with Gasteiger partial charge in [0, 0.05) is 36.9 Å². The van der Waals surface area contributed by atoms with Crippen molar-refractivity contribution in [3.8, 4) is 0 Å². The molecule has 0 spiro atoms. The number of carbonyl (C=O) groups excluding carboxylic acids is 1. The Kier molecular flexibility index (Phi) is 4.10. The van der Waals surface area contributed by atoms with Crippen molar-refractivity contribution >= 4 is 11.7 Å². The van der Waals surface area contributed by atoms with Crippen LogP contribution >= 0.6 is 0 Å². The maximum Gasteiger partial charge on any atom is 0.277 e. The first-order chi connectivity index (χ1) is 11.7. The highest BCUT2D eigenvalue weighted by atomic mass is 16.5. The molecule has 2 aromatic rings. The highest BCUT2D eigenvalue weighted by Crippen LogP contribution is 2.27. The van der Waals surface area contributed by atoms with Crippen LogP contribution in [-0.4, -0.2) is 39.1 Å². The van der Waals surface area contributed by atoms with Gasteiger partial charge in [-0.25, -0.2) is 0 Å². The van der Waals surface area contributed by atoms with Crippen molar-refractivity contribution in [2.24, 2.45) is 7.05 Å². The van der Waals surface area contributed by atoms with Crippen molar-refractivity contribution < 1.29 is 9.53 Å². The highest BCUT2D eigenvalue weighted by Gasteiger charge is 2.24. The number of hydrogen-bond donors (Lipinski definition) is 2. The van der Waals surface area contributed by atoms with Gasteiger partial charge < -0.3 is 10.1 Å². The first-order valence-electron chi connectivity index (χ1n) is 8.71. The summed E-state index contributed by atoms with van der Waals surface area (Å²) in [5, 5.41) is 14.8. The van der Waals surface area contributed by atoms with Gasteiger partial charge in [-0.3, -0.25) is 14.6 Å². The zero-order valence-electron chi connectivity index (χ0n) is 14.0. The van der Waals surface area contributed by atoms with Crippen LogP contribution in [0.3, 0.4) is 0 Å². The summed E-state index contributed by atoms with van der Waals surface area (Å²) in [6.45, 7) is 1.54. The minimum absolute atomic E-state index is 0.163. The van der Waals surface area contributed by atoms with Crippen LogP contribution in [0, 0.1) is 0 Å². The molecule has 0 aromatic carbocycles. The molecular formula is C17H23N5O2. The van der Waals surface area contributed by atoms with E-state index < -0.39 is 0 Å². The van der Waals surface area contributed by atoms with E-state index in [2.05, 4.69) is 20.6 Å². The fourth-order valence-electron chi connectivity index (χ4n) is 3.62. The number of nitrogens with zero attached hydrogens (tertiary/aromatic N) is 3. The molecule has 7 nitrogen and oxygen atoms in total. The summed E-state index contributed by atoms with van der Waals surface area (Å²) in [5.41, 5.74) is 3.68. The topological polar surface area (TPSA) is 84.8 Å². The van der Waals surface area contributed by atoms with Crippen LogP contribution in [0.1, 0.15) is 59.0 Å². The molecule has 3 heterocycles. The second-order valence-electron chi connectivity index (χ2n) is 6.68. The number of carbonyl (C=O) groups is 1. The van der Waals surface area contributed by atoms with Crippen molar-refractivity contribution in [3.05, 3.63) is 28.7 Å². The van der Waals surface area contributed by atoms with E-state index in [1.54, 1.807) is 4.68 Å². The van der Waals surface area contributed by atoms with Gasteiger partial charge >= 0.3 is 0 Å². The monoisotopic (exact) mass is 329 g/mol. The van der Waals surface area contributed by atoms with Crippen molar-refractivity contribution in [3.63, 3.8) is 0 Å². The summed E-state index contributed by atoms with van der Waals surface area (Å²) in [6, 6.07) is 1.95. The third-order valence-corrected chi connectivity index (χ3v) is 4.99. The van der Waals surface area contributed by atoms with E-state index in [1.165, 1.54) is 0 Å². The largest absolute Gasteiger partial charge is 0.381 e. The van der Waals surface area contributed by atoms with Gasteiger partial charge in [0.2, 0.25) is 0 Å². The molecule has 1 saturated heterocycles. The van der Waals surface area contributed by atoms with Gasteiger partial charge in [0.05, 0.1) is 12.3 Å². The maximum atomic E-state index is 12.6. The molecule has 2 N–H and O–H groups in total. The van der Waals surface area contributed by atoms with Crippen LogP contribution in [0.4, 0.5) is 5.82 Å². The third-order valence-electron chi connectivity index (χ3n) is 4.99. The molecule has 1 aliphatic heterocycles. The number of aryl methyl sites for hydroxylation is 2. The number of amides is 1. The fraction of sp³-hybridized carbons (Fsp3) is 0.588. The van der Waals surface area contributed by atoms with Crippen LogP contribution < -0.4 is 5.32 Å². The summed E-state index contributed by atoms with van der Waals surface area (Å²) >= 11 is 0. The van der Waals surface area contributed by atoms with Crippen molar-refractivity contribution in [2.45, 2.75) is 44.4 Å². The molecule has 4 rings (SSSR count). The number of ether oxygens (including phenoxy) is 1. The van der Waals surface area contributed by atoms with E-state index in [1.807, 2.05) is 13.1 Å². The zero-order chi connectivity index (χ0) is 16.5. The fourth-order valence-corrected chi connectivity index (χ4v) is 3.62. The summed E-state index contributed by atoms with van der Waals surface area (Å²) < 4.78 is 7.26. The van der Waals surface area contributed by atoms with Crippen LogP contribution in [-0.2, 0) is 24.6 Å². The summed E-state index contributed by atoms with van der Waals surface area (Å²) in [7, 11) is 1.85. The smallest absolute Gasteiger partial charge is 0.277 e. The van der Waals surface area contributed by atoms with E-state index in [0.717, 1.165) is 62.1 Å². The molecule has 1 amide bonds. The third kappa shape index (κ3) is 2.84. The molecule has 0 saturated carbocycles. The van der Waals surface area contributed by atoms with E-state index in [9.17, 15) is 4.79 Å². The minimum Gasteiger partial charge on any atom is -0.381 e. The normalized spacial score (nSPS) is 20.6. The first-order valence-corrected chi connectivity index (χ1v) is 8.71. The van der Waals surface area contributed by atoms with Gasteiger partial charge in [0.15, 0.2) is 5.69 Å². The van der Waals surface area contributed by atoms with Gasteiger partial charge in [-0.05, 0) is 38.5 Å². The predicted octanol–water partition coefficient (Wildman–Crippen LogP) is 2.17. The standard InChI is InChI=1S/C17H23N5O2/c1-22-15(9-14(21-22)11-5-4-8-24-10-11)18-17(23)16-12-6-2-3-7-13(12)19-20-16/h9,11H,2-8,10H2,1H3,(H,18,23)(H,19,20). The quantitative estimate of drug-likeness (QED) is 0.904. The van der Waals surface area contributed by atoms with E-state index >= 15 is 0 Å². The summed E-state index contributed by atoms with van der Waals surface area (Å²) in [6.07, 6.45) is 6.31. The lowest BCUT2D eigenvalue weighted by Crippen LogP contribution is -2.17. The van der Waals surface area contributed by atoms with Crippen molar-refractivity contribution in [1.29, 1.82) is 0 Å². The Balaban J connectivity index is 1.51. The lowest BCUT2D eigenvalue weighted by molar-refractivity contribution is 0.0791. The van der Waals surface area contributed by atoms with Crippen molar-refractivity contribution in [2.75, 3.05) is 18.5 Å². The Morgan fingerprint density at radius 3 is 3.08 bits per heavy atom. The summed E-state index contributed by atoms with van der Waals surface area (Å²) in [5.74, 6) is 0.853. The van der Waals surface area contributed by atoms with Crippen LogP contribution in [0.15, 0.2) is 6.07 Å². The second kappa shape index (κ2) is 6.39. The van der Waals surface area contributed by atoms with Gasteiger partial charge in [-0.1, -0.05) is 0 Å². The lowest BCUT2D eigenvalue weighted by atomic mass is 9.96. The molecular weight excluding hydrogens is 306 g/mol. The molecule has 1 atom stereocenters. The molecule has 0 radical (unpaired) electrons. The minimum atomic E-state index is -0.163. The van der Waals surface area contributed by atoms with Gasteiger partial charge in [-0.2, -0.15) is 10.2 Å². The molecule has 1 aliphatic carbocycles. The average Bonchev–Trinajstić information content (AvgIpc) is 3.20. The Morgan fingerprint density at radius 2 is 2.25 bits per heavy atom. The lowest BCUT2D eigenvalue weighted by Gasteiger charge is -2.19. The van der Waals surface area contributed by atoms with Gasteiger partial charge in [0.1, 0.15) is 5.82 Å². The number of aromatic amines is 1. The molecule has 0 bridgehead atoms. The number of fused-ring (bicyclic) bond motifs is 1. The molecule has 1 fully saturated rings. The molecule has 2 aromatic heterocycles. The van der Waals surface area contributed by atoms with Crippen LogP contribution in [0.2, 0.25) is 0 Å². The van der Waals surface area contributed by atoms with Gasteiger partial charge in [0.25, 0.3) is 5.91 Å². The molecule has 24 heavy (non-hydrogen) atoms. The van der Waals surface area contributed by atoms with Crippen LogP contribution in [0.25, 0.3) is 0 Å².